The Kier molecular flexibility index (Phi) is 4.41. The summed E-state index contributed by atoms with van der Waals surface area (Å²) < 4.78 is 5.69. The number of aromatic nitrogens is 1. The molecule has 0 bridgehead atoms. The van der Waals surface area contributed by atoms with Gasteiger partial charge >= 0.3 is 0 Å². The van der Waals surface area contributed by atoms with Crippen LogP contribution in [0.4, 0.5) is 0 Å². The number of thiazole rings is 1. The molecule has 0 saturated heterocycles. The van der Waals surface area contributed by atoms with Gasteiger partial charge in [0.2, 0.25) is 0 Å². The first kappa shape index (κ1) is 13.9. The summed E-state index contributed by atoms with van der Waals surface area (Å²) in [7, 11) is 0. The predicted molar refractivity (Wildman–Crippen MR) is 77.0 cm³/mol. The van der Waals surface area contributed by atoms with E-state index >= 15 is 0 Å². The second-order valence-electron chi connectivity index (χ2n) is 4.21. The Morgan fingerprint density at radius 1 is 1.37 bits per heavy atom. The molecule has 0 fully saturated rings. The molecule has 2 aromatic rings. The zero-order valence-electron chi connectivity index (χ0n) is 10.7. The van der Waals surface area contributed by atoms with Gasteiger partial charge in [0.15, 0.2) is 5.69 Å². The highest BCUT2D eigenvalue weighted by atomic mass is 35.5. The molecule has 0 aliphatic rings. The second-order valence-corrected chi connectivity index (χ2v) is 5.53. The van der Waals surface area contributed by atoms with Crippen molar-refractivity contribution < 1.29 is 4.74 Å². The third kappa shape index (κ3) is 3.46. The van der Waals surface area contributed by atoms with Crippen molar-refractivity contribution in [2.75, 3.05) is 6.61 Å². The van der Waals surface area contributed by atoms with Gasteiger partial charge in [-0.25, -0.2) is 4.98 Å². The molecule has 98 valence electrons. The van der Waals surface area contributed by atoms with Gasteiger partial charge < -0.3 is 4.74 Å². The lowest BCUT2D eigenvalue weighted by Gasteiger charge is -2.09. The lowest BCUT2D eigenvalue weighted by molar-refractivity contribution is 0.321. The van der Waals surface area contributed by atoms with Crippen LogP contribution in [-0.2, 0) is 6.42 Å². The van der Waals surface area contributed by atoms with E-state index in [9.17, 15) is 0 Å². The molecule has 0 spiro atoms. The molecule has 3 nitrogen and oxygen atoms in total. The number of nitrogens with zero attached hydrogens (tertiary/aromatic N) is 2. The van der Waals surface area contributed by atoms with Gasteiger partial charge in [0.25, 0.3) is 0 Å². The minimum atomic E-state index is 0.471. The molecule has 0 amide bonds. The minimum absolute atomic E-state index is 0.471. The Bertz CT molecular complexity index is 608. The topological polar surface area (TPSA) is 45.9 Å². The number of aryl methyl sites for hydroxylation is 2. The van der Waals surface area contributed by atoms with Gasteiger partial charge in [-0.2, -0.15) is 5.26 Å². The van der Waals surface area contributed by atoms with Crippen LogP contribution in [0.5, 0.6) is 5.75 Å². The highest BCUT2D eigenvalue weighted by Crippen LogP contribution is 2.26. The molecule has 0 saturated carbocycles. The van der Waals surface area contributed by atoms with E-state index in [1.807, 2.05) is 32.0 Å². The van der Waals surface area contributed by atoms with Crippen molar-refractivity contribution in [2.24, 2.45) is 0 Å². The van der Waals surface area contributed by atoms with Gasteiger partial charge in [-0.15, -0.1) is 11.3 Å². The first-order valence-corrected chi connectivity index (χ1v) is 7.10. The van der Waals surface area contributed by atoms with Crippen molar-refractivity contribution in [3.05, 3.63) is 44.4 Å². The molecule has 19 heavy (non-hydrogen) atoms. The second kappa shape index (κ2) is 6.05. The van der Waals surface area contributed by atoms with Crippen molar-refractivity contribution in [3.63, 3.8) is 0 Å². The summed E-state index contributed by atoms with van der Waals surface area (Å²) in [5.41, 5.74) is 2.49. The standard InChI is InChI=1S/C14H13ClN2OS/c1-9-5-12(6-10(2)14(9)15)18-4-3-13-17-11(7-16)8-19-13/h5-6,8H,3-4H2,1-2H3. The quantitative estimate of drug-likeness (QED) is 0.858. The molecule has 2 rings (SSSR count). The summed E-state index contributed by atoms with van der Waals surface area (Å²) in [4.78, 5) is 4.17. The number of rotatable bonds is 4. The van der Waals surface area contributed by atoms with Gasteiger partial charge in [0.05, 0.1) is 11.6 Å². The molecule has 0 N–H and O–H groups in total. The maximum atomic E-state index is 8.69. The Balaban J connectivity index is 1.94. The first-order valence-electron chi connectivity index (χ1n) is 5.84. The fourth-order valence-corrected chi connectivity index (χ4v) is 2.54. The summed E-state index contributed by atoms with van der Waals surface area (Å²) in [6.07, 6.45) is 0.701. The molecule has 0 atom stereocenters. The molecule has 1 aromatic heterocycles. The van der Waals surface area contributed by atoms with Crippen molar-refractivity contribution in [3.8, 4) is 11.8 Å². The van der Waals surface area contributed by atoms with Gasteiger partial charge in [0, 0.05) is 16.8 Å². The first-order chi connectivity index (χ1) is 9.10. The van der Waals surface area contributed by atoms with E-state index < -0.39 is 0 Å². The fraction of sp³-hybridized carbons (Fsp3) is 0.286. The van der Waals surface area contributed by atoms with Crippen LogP contribution in [0.25, 0.3) is 0 Å². The van der Waals surface area contributed by atoms with Crippen molar-refractivity contribution in [2.45, 2.75) is 20.3 Å². The van der Waals surface area contributed by atoms with Crippen LogP contribution < -0.4 is 4.74 Å². The normalized spacial score (nSPS) is 10.2. The summed E-state index contributed by atoms with van der Waals surface area (Å²) in [5.74, 6) is 0.816. The highest BCUT2D eigenvalue weighted by Gasteiger charge is 2.05. The highest BCUT2D eigenvalue weighted by molar-refractivity contribution is 7.09. The molecule has 0 aliphatic heterocycles. The molecule has 1 aromatic carbocycles. The molecular weight excluding hydrogens is 280 g/mol. The van der Waals surface area contributed by atoms with E-state index in [0.29, 0.717) is 18.7 Å². The molecule has 5 heteroatoms. The number of hydrogen-bond donors (Lipinski definition) is 0. The Hall–Kier alpha value is -1.57. The van der Waals surface area contributed by atoms with Crippen molar-refractivity contribution in [1.29, 1.82) is 5.26 Å². The van der Waals surface area contributed by atoms with Crippen molar-refractivity contribution in [1.82, 2.24) is 4.98 Å². The zero-order chi connectivity index (χ0) is 13.8. The van der Waals surface area contributed by atoms with Crippen LogP contribution in [0.3, 0.4) is 0 Å². The minimum Gasteiger partial charge on any atom is -0.493 e. The number of nitriles is 1. The third-order valence-electron chi connectivity index (χ3n) is 2.66. The number of benzene rings is 1. The third-order valence-corrected chi connectivity index (χ3v) is 4.17. The molecule has 0 radical (unpaired) electrons. The van der Waals surface area contributed by atoms with E-state index in [-0.39, 0.29) is 0 Å². The van der Waals surface area contributed by atoms with Crippen LogP contribution in [0.15, 0.2) is 17.5 Å². The van der Waals surface area contributed by atoms with E-state index in [1.54, 1.807) is 5.38 Å². The Morgan fingerprint density at radius 3 is 2.63 bits per heavy atom. The number of hydrogen-bond acceptors (Lipinski definition) is 4. The van der Waals surface area contributed by atoms with E-state index in [0.717, 1.165) is 26.9 Å². The zero-order valence-corrected chi connectivity index (χ0v) is 12.3. The molecule has 0 unspecified atom stereocenters. The average molecular weight is 293 g/mol. The maximum Gasteiger partial charge on any atom is 0.151 e. The smallest absolute Gasteiger partial charge is 0.151 e. The summed E-state index contributed by atoms with van der Waals surface area (Å²) in [5, 5.41) is 12.1. The lowest BCUT2D eigenvalue weighted by atomic mass is 10.1. The maximum absolute atomic E-state index is 8.69. The largest absolute Gasteiger partial charge is 0.493 e. The number of ether oxygens (including phenoxy) is 1. The van der Waals surface area contributed by atoms with Crippen LogP contribution >= 0.6 is 22.9 Å². The molecular formula is C14H13ClN2OS. The van der Waals surface area contributed by atoms with Gasteiger partial charge in [-0.1, -0.05) is 11.6 Å². The lowest BCUT2D eigenvalue weighted by Crippen LogP contribution is -2.01. The van der Waals surface area contributed by atoms with Gasteiger partial charge in [-0.3, -0.25) is 0 Å². The van der Waals surface area contributed by atoms with E-state index in [2.05, 4.69) is 4.98 Å². The summed E-state index contributed by atoms with van der Waals surface area (Å²) >= 11 is 7.59. The SMILES string of the molecule is Cc1cc(OCCc2nc(C#N)cs2)cc(C)c1Cl. The monoisotopic (exact) mass is 292 g/mol. The van der Waals surface area contributed by atoms with E-state index in [1.165, 1.54) is 11.3 Å². The van der Waals surface area contributed by atoms with Crippen molar-refractivity contribution >= 4 is 22.9 Å². The predicted octanol–water partition coefficient (Wildman–Crippen LogP) is 3.91. The van der Waals surface area contributed by atoms with Crippen LogP contribution in [0, 0.1) is 25.2 Å². The summed E-state index contributed by atoms with van der Waals surface area (Å²) in [6.45, 7) is 4.46. The van der Waals surface area contributed by atoms with Crippen LogP contribution in [-0.4, -0.2) is 11.6 Å². The van der Waals surface area contributed by atoms with Gasteiger partial charge in [0.1, 0.15) is 11.8 Å². The Labute approximate surface area is 121 Å². The summed E-state index contributed by atoms with van der Waals surface area (Å²) in [6, 6.07) is 5.88. The van der Waals surface area contributed by atoms with Crippen LogP contribution in [0.1, 0.15) is 21.8 Å². The van der Waals surface area contributed by atoms with Crippen LogP contribution in [0.2, 0.25) is 5.02 Å². The average Bonchev–Trinajstić information content (AvgIpc) is 2.84. The number of halogens is 1. The Morgan fingerprint density at radius 2 is 2.05 bits per heavy atom. The molecule has 1 heterocycles. The fourth-order valence-electron chi connectivity index (χ4n) is 1.72. The van der Waals surface area contributed by atoms with E-state index in [4.69, 9.17) is 21.6 Å². The van der Waals surface area contributed by atoms with Gasteiger partial charge in [-0.05, 0) is 37.1 Å². The molecule has 0 aliphatic carbocycles.